The third-order valence-corrected chi connectivity index (χ3v) is 7.75. The molecule has 2 unspecified atom stereocenters. The molecule has 2 amide bonds. The lowest BCUT2D eigenvalue weighted by atomic mass is 9.79. The first kappa shape index (κ1) is 22.9. The minimum atomic E-state index is -0.317. The van der Waals surface area contributed by atoms with Gasteiger partial charge >= 0.3 is 6.09 Å². The summed E-state index contributed by atoms with van der Waals surface area (Å²) in [7, 11) is 3.43. The first-order valence-corrected chi connectivity index (χ1v) is 12.6. The van der Waals surface area contributed by atoms with Gasteiger partial charge in [-0.05, 0) is 74.0 Å². The van der Waals surface area contributed by atoms with Gasteiger partial charge in [0.05, 0.1) is 0 Å². The van der Waals surface area contributed by atoms with E-state index in [2.05, 4.69) is 17.0 Å². The largest absolute Gasteiger partial charge is 0.414 e. The van der Waals surface area contributed by atoms with Gasteiger partial charge in [-0.15, -0.1) is 0 Å². The van der Waals surface area contributed by atoms with Crippen LogP contribution in [-0.2, 0) is 13.0 Å². The fourth-order valence-corrected chi connectivity index (χ4v) is 6.00. The molecule has 2 aromatic rings. The molecule has 0 bridgehead atoms. The van der Waals surface area contributed by atoms with Gasteiger partial charge in [-0.3, -0.25) is 9.69 Å². The number of benzene rings is 2. The van der Waals surface area contributed by atoms with Crippen molar-refractivity contribution in [2.75, 3.05) is 33.7 Å². The minimum Gasteiger partial charge on any atom is -0.410 e. The average Bonchev–Trinajstić information content (AvgIpc) is 3.40. The van der Waals surface area contributed by atoms with E-state index < -0.39 is 0 Å². The van der Waals surface area contributed by atoms with E-state index in [1.54, 1.807) is 14.1 Å². The highest BCUT2D eigenvalue weighted by atomic mass is 16.6. The molecule has 0 saturated carbocycles. The Morgan fingerprint density at radius 2 is 1.85 bits per heavy atom. The van der Waals surface area contributed by atoms with Crippen molar-refractivity contribution < 1.29 is 14.3 Å². The second-order valence-corrected chi connectivity index (χ2v) is 10.1. The van der Waals surface area contributed by atoms with Gasteiger partial charge < -0.3 is 14.5 Å². The van der Waals surface area contributed by atoms with E-state index in [0.29, 0.717) is 12.0 Å². The lowest BCUT2D eigenvalue weighted by molar-refractivity contribution is 0.0775. The van der Waals surface area contributed by atoms with Crippen molar-refractivity contribution in [1.29, 1.82) is 0 Å². The van der Waals surface area contributed by atoms with Crippen LogP contribution in [0.5, 0.6) is 5.75 Å². The smallest absolute Gasteiger partial charge is 0.410 e. The number of ether oxygens (including phenoxy) is 1. The standard InChI is InChI=1S/C28H35N3O3/c1-29(2)28(33)34-26-12-8-11-22-23-15-18-30(25(23)14-13-24(22)26)16-6-3-7-17-31-19-20-9-4-5-10-21(20)27(31)32/h4-5,8-12,23,25H,3,6-7,13-19H2,1-2H3. The van der Waals surface area contributed by atoms with Gasteiger partial charge in [0.1, 0.15) is 5.75 Å². The fraction of sp³-hybridized carbons (Fsp3) is 0.500. The quantitative estimate of drug-likeness (QED) is 0.562. The van der Waals surface area contributed by atoms with Crippen LogP contribution in [-0.4, -0.2) is 66.5 Å². The fourth-order valence-electron chi connectivity index (χ4n) is 6.00. The number of amides is 2. The maximum Gasteiger partial charge on any atom is 0.414 e. The van der Waals surface area contributed by atoms with Gasteiger partial charge in [0.2, 0.25) is 0 Å². The zero-order chi connectivity index (χ0) is 23.7. The molecule has 0 aromatic heterocycles. The molecule has 180 valence electrons. The number of carbonyl (C=O) groups excluding carboxylic acids is 2. The van der Waals surface area contributed by atoms with Crippen LogP contribution in [0.1, 0.15) is 65.1 Å². The summed E-state index contributed by atoms with van der Waals surface area (Å²) >= 11 is 0. The summed E-state index contributed by atoms with van der Waals surface area (Å²) in [4.78, 5) is 30.8. The van der Waals surface area contributed by atoms with E-state index in [0.717, 1.165) is 68.7 Å². The Morgan fingerprint density at radius 3 is 2.68 bits per heavy atom. The van der Waals surface area contributed by atoms with Gasteiger partial charge in [-0.1, -0.05) is 36.8 Å². The number of nitrogens with zero attached hydrogens (tertiary/aromatic N) is 3. The zero-order valence-corrected chi connectivity index (χ0v) is 20.3. The number of carbonyl (C=O) groups is 2. The van der Waals surface area contributed by atoms with Crippen molar-refractivity contribution in [1.82, 2.24) is 14.7 Å². The van der Waals surface area contributed by atoms with Gasteiger partial charge in [0.25, 0.3) is 5.91 Å². The summed E-state index contributed by atoms with van der Waals surface area (Å²) in [5.41, 5.74) is 4.63. The number of fused-ring (bicyclic) bond motifs is 4. The van der Waals surface area contributed by atoms with Crippen molar-refractivity contribution in [3.05, 3.63) is 64.7 Å². The number of hydrogen-bond acceptors (Lipinski definition) is 4. The SMILES string of the molecule is CN(C)C(=O)Oc1cccc2c1CCC1C2CCN1CCCCCN1Cc2ccccc2C1=O. The van der Waals surface area contributed by atoms with Crippen molar-refractivity contribution in [2.24, 2.45) is 0 Å². The Labute approximate surface area is 202 Å². The predicted octanol–water partition coefficient (Wildman–Crippen LogP) is 4.68. The highest BCUT2D eigenvalue weighted by Crippen LogP contribution is 2.44. The monoisotopic (exact) mass is 461 g/mol. The second kappa shape index (κ2) is 9.79. The maximum atomic E-state index is 12.5. The molecule has 6 heteroatoms. The summed E-state index contributed by atoms with van der Waals surface area (Å²) in [6.45, 7) is 3.87. The first-order chi connectivity index (χ1) is 16.5. The maximum absolute atomic E-state index is 12.5. The van der Waals surface area contributed by atoms with Crippen LogP contribution >= 0.6 is 0 Å². The zero-order valence-electron chi connectivity index (χ0n) is 20.3. The molecule has 2 aliphatic heterocycles. The van der Waals surface area contributed by atoms with E-state index in [1.165, 1.54) is 28.9 Å². The van der Waals surface area contributed by atoms with Gasteiger partial charge in [0, 0.05) is 44.7 Å². The van der Waals surface area contributed by atoms with Crippen molar-refractivity contribution in [3.63, 3.8) is 0 Å². The molecule has 3 aliphatic rings. The molecule has 0 radical (unpaired) electrons. The van der Waals surface area contributed by atoms with Crippen LogP contribution in [0.15, 0.2) is 42.5 Å². The normalized spacial score (nSPS) is 21.2. The summed E-state index contributed by atoms with van der Waals surface area (Å²) < 4.78 is 5.66. The molecule has 1 fully saturated rings. The van der Waals surface area contributed by atoms with E-state index in [-0.39, 0.29) is 12.0 Å². The van der Waals surface area contributed by atoms with Crippen LogP contribution in [0.3, 0.4) is 0 Å². The molecule has 2 heterocycles. The molecule has 6 nitrogen and oxygen atoms in total. The lowest BCUT2D eigenvalue weighted by Crippen LogP contribution is -2.36. The summed E-state index contributed by atoms with van der Waals surface area (Å²) in [5, 5.41) is 0. The Bertz CT molecular complexity index is 1070. The first-order valence-electron chi connectivity index (χ1n) is 12.6. The molecular weight excluding hydrogens is 426 g/mol. The number of hydrogen-bond donors (Lipinski definition) is 0. The average molecular weight is 462 g/mol. The van der Waals surface area contributed by atoms with Crippen LogP contribution in [0, 0.1) is 0 Å². The van der Waals surface area contributed by atoms with Crippen LogP contribution in [0.2, 0.25) is 0 Å². The Kier molecular flexibility index (Phi) is 6.59. The van der Waals surface area contributed by atoms with Gasteiger partial charge in [-0.2, -0.15) is 0 Å². The highest BCUT2D eigenvalue weighted by molar-refractivity contribution is 5.98. The van der Waals surface area contributed by atoms with Crippen LogP contribution in [0.25, 0.3) is 0 Å². The molecule has 1 saturated heterocycles. The Balaban J connectivity index is 1.11. The van der Waals surface area contributed by atoms with E-state index in [9.17, 15) is 9.59 Å². The Morgan fingerprint density at radius 1 is 1.03 bits per heavy atom. The van der Waals surface area contributed by atoms with E-state index >= 15 is 0 Å². The van der Waals surface area contributed by atoms with Crippen molar-refractivity contribution in [3.8, 4) is 5.75 Å². The molecule has 0 spiro atoms. The number of unbranched alkanes of at least 4 members (excludes halogenated alkanes) is 2. The third kappa shape index (κ3) is 4.43. The molecule has 2 aromatic carbocycles. The topological polar surface area (TPSA) is 53.1 Å². The van der Waals surface area contributed by atoms with E-state index in [1.807, 2.05) is 35.2 Å². The molecule has 5 rings (SSSR count). The second-order valence-electron chi connectivity index (χ2n) is 10.1. The van der Waals surface area contributed by atoms with Crippen LogP contribution in [0.4, 0.5) is 4.79 Å². The molecule has 2 atom stereocenters. The third-order valence-electron chi connectivity index (χ3n) is 7.75. The summed E-state index contributed by atoms with van der Waals surface area (Å²) in [6, 6.07) is 14.7. The van der Waals surface area contributed by atoms with Crippen LogP contribution < -0.4 is 4.74 Å². The highest BCUT2D eigenvalue weighted by Gasteiger charge is 2.39. The lowest BCUT2D eigenvalue weighted by Gasteiger charge is -2.34. The number of rotatable bonds is 7. The molecule has 1 aliphatic carbocycles. The summed E-state index contributed by atoms with van der Waals surface area (Å²) in [5.74, 6) is 1.45. The molecule has 34 heavy (non-hydrogen) atoms. The predicted molar refractivity (Wildman–Crippen MR) is 132 cm³/mol. The minimum absolute atomic E-state index is 0.189. The molecule has 0 N–H and O–H groups in total. The van der Waals surface area contributed by atoms with Gasteiger partial charge in [-0.25, -0.2) is 4.79 Å². The summed E-state index contributed by atoms with van der Waals surface area (Å²) in [6.07, 6.45) is 6.31. The van der Waals surface area contributed by atoms with E-state index in [4.69, 9.17) is 4.74 Å². The van der Waals surface area contributed by atoms with Gasteiger partial charge in [0.15, 0.2) is 0 Å². The Hall–Kier alpha value is -2.86. The number of likely N-dealkylation sites (tertiary alicyclic amines) is 1. The molecular formula is C28H35N3O3. The van der Waals surface area contributed by atoms with Crippen molar-refractivity contribution in [2.45, 2.75) is 57.0 Å². The van der Waals surface area contributed by atoms with Crippen molar-refractivity contribution >= 4 is 12.0 Å².